The lowest BCUT2D eigenvalue weighted by molar-refractivity contribution is -0.154. The fraction of sp³-hybridized carbons (Fsp3) is 0.588. The van der Waals surface area contributed by atoms with Crippen LogP contribution in [-0.4, -0.2) is 35.8 Å². The number of amides is 2. The molecule has 0 spiro atoms. The van der Waals surface area contributed by atoms with Crippen molar-refractivity contribution in [3.05, 3.63) is 22.4 Å². The summed E-state index contributed by atoms with van der Waals surface area (Å²) in [7, 11) is 0. The fourth-order valence-electron chi connectivity index (χ4n) is 2.75. The first kappa shape index (κ1) is 17.7. The molecule has 2 atom stereocenters. The van der Waals surface area contributed by atoms with Crippen LogP contribution in [0, 0.1) is 11.8 Å². The molecule has 0 aliphatic carbocycles. The Morgan fingerprint density at radius 3 is 2.52 bits per heavy atom. The Kier molecular flexibility index (Phi) is 5.93. The molecule has 1 aliphatic heterocycles. The van der Waals surface area contributed by atoms with Crippen molar-refractivity contribution in [2.24, 2.45) is 11.8 Å². The Morgan fingerprint density at radius 2 is 2.00 bits per heavy atom. The Hall–Kier alpha value is -1.69. The standard InChI is InChI=1S/C17H23NO4S/c1-4-22-17(21)12(3)11(2)9-18-15(19)7-14(8-16(18)20)13-5-6-23-10-13/h5-6,10-12,14H,4,7-9H2,1-3H3. The predicted octanol–water partition coefficient (Wildman–Crippen LogP) is 2.82. The summed E-state index contributed by atoms with van der Waals surface area (Å²) in [4.78, 5) is 37.8. The first-order valence-corrected chi connectivity index (χ1v) is 8.90. The van der Waals surface area contributed by atoms with Gasteiger partial charge in [-0.05, 0) is 35.2 Å². The lowest BCUT2D eigenvalue weighted by Gasteiger charge is -2.32. The highest BCUT2D eigenvalue weighted by Gasteiger charge is 2.35. The molecule has 1 aromatic heterocycles. The van der Waals surface area contributed by atoms with Crippen LogP contribution < -0.4 is 0 Å². The summed E-state index contributed by atoms with van der Waals surface area (Å²) in [6.45, 7) is 6.01. The minimum atomic E-state index is -0.342. The number of piperidine rings is 1. The van der Waals surface area contributed by atoms with E-state index >= 15 is 0 Å². The summed E-state index contributed by atoms with van der Waals surface area (Å²) in [5, 5.41) is 3.95. The van der Waals surface area contributed by atoms with Crippen LogP contribution in [0.1, 0.15) is 45.1 Å². The summed E-state index contributed by atoms with van der Waals surface area (Å²) in [6.07, 6.45) is 0.700. The van der Waals surface area contributed by atoms with Crippen molar-refractivity contribution < 1.29 is 19.1 Å². The molecule has 0 N–H and O–H groups in total. The van der Waals surface area contributed by atoms with E-state index in [-0.39, 0.29) is 42.1 Å². The lowest BCUT2D eigenvalue weighted by Crippen LogP contribution is -2.46. The van der Waals surface area contributed by atoms with Gasteiger partial charge in [0.2, 0.25) is 11.8 Å². The number of ether oxygens (including phenoxy) is 1. The van der Waals surface area contributed by atoms with E-state index in [0.29, 0.717) is 19.4 Å². The van der Waals surface area contributed by atoms with E-state index in [2.05, 4.69) is 0 Å². The van der Waals surface area contributed by atoms with Gasteiger partial charge in [-0.3, -0.25) is 19.3 Å². The second kappa shape index (κ2) is 7.73. The lowest BCUT2D eigenvalue weighted by atomic mass is 9.88. The molecule has 1 saturated heterocycles. The van der Waals surface area contributed by atoms with Gasteiger partial charge < -0.3 is 4.74 Å². The fourth-order valence-corrected chi connectivity index (χ4v) is 3.49. The molecule has 1 fully saturated rings. The molecule has 23 heavy (non-hydrogen) atoms. The van der Waals surface area contributed by atoms with Crippen molar-refractivity contribution in [2.45, 2.75) is 39.5 Å². The van der Waals surface area contributed by atoms with E-state index in [4.69, 9.17) is 4.74 Å². The van der Waals surface area contributed by atoms with E-state index in [1.807, 2.05) is 23.8 Å². The topological polar surface area (TPSA) is 63.7 Å². The molecule has 2 rings (SSSR count). The molecular formula is C17H23NO4S. The highest BCUT2D eigenvalue weighted by Crippen LogP contribution is 2.31. The molecule has 0 bridgehead atoms. The Morgan fingerprint density at radius 1 is 1.35 bits per heavy atom. The first-order chi connectivity index (χ1) is 10.9. The van der Waals surface area contributed by atoms with Gasteiger partial charge in [0.25, 0.3) is 0 Å². The monoisotopic (exact) mass is 337 g/mol. The van der Waals surface area contributed by atoms with Crippen molar-refractivity contribution in [1.82, 2.24) is 4.90 Å². The molecule has 2 heterocycles. The van der Waals surface area contributed by atoms with E-state index in [1.165, 1.54) is 4.90 Å². The van der Waals surface area contributed by atoms with E-state index in [1.54, 1.807) is 25.2 Å². The van der Waals surface area contributed by atoms with Crippen molar-refractivity contribution in [1.29, 1.82) is 0 Å². The zero-order valence-electron chi connectivity index (χ0n) is 13.8. The molecule has 2 amide bonds. The minimum Gasteiger partial charge on any atom is -0.466 e. The van der Waals surface area contributed by atoms with Crippen LogP contribution in [-0.2, 0) is 19.1 Å². The van der Waals surface area contributed by atoms with Gasteiger partial charge in [-0.25, -0.2) is 0 Å². The second-order valence-corrected chi connectivity index (χ2v) is 6.86. The second-order valence-electron chi connectivity index (χ2n) is 6.08. The third-order valence-electron chi connectivity index (χ3n) is 4.44. The number of rotatable bonds is 6. The van der Waals surface area contributed by atoms with Gasteiger partial charge in [-0.1, -0.05) is 13.8 Å². The van der Waals surface area contributed by atoms with Crippen LogP contribution in [0.5, 0.6) is 0 Å². The Balaban J connectivity index is 1.97. The normalized spacial score (nSPS) is 18.8. The predicted molar refractivity (Wildman–Crippen MR) is 88.0 cm³/mol. The molecule has 6 heteroatoms. The first-order valence-electron chi connectivity index (χ1n) is 7.96. The van der Waals surface area contributed by atoms with Gasteiger partial charge >= 0.3 is 5.97 Å². The van der Waals surface area contributed by atoms with Gasteiger partial charge in [-0.2, -0.15) is 11.3 Å². The number of carbonyl (C=O) groups excluding carboxylic acids is 3. The van der Waals surface area contributed by atoms with Crippen LogP contribution in [0.25, 0.3) is 0 Å². The maximum Gasteiger partial charge on any atom is 0.308 e. The molecular weight excluding hydrogens is 314 g/mol. The van der Waals surface area contributed by atoms with E-state index in [9.17, 15) is 14.4 Å². The van der Waals surface area contributed by atoms with Crippen molar-refractivity contribution in [3.63, 3.8) is 0 Å². The average Bonchev–Trinajstić information content (AvgIpc) is 3.04. The average molecular weight is 337 g/mol. The molecule has 0 aromatic carbocycles. The maximum atomic E-state index is 12.4. The molecule has 2 unspecified atom stereocenters. The SMILES string of the molecule is CCOC(=O)C(C)C(C)CN1C(=O)CC(c2ccsc2)CC1=O. The summed E-state index contributed by atoms with van der Waals surface area (Å²) in [6, 6.07) is 1.97. The zero-order chi connectivity index (χ0) is 17.0. The maximum absolute atomic E-state index is 12.4. The number of likely N-dealkylation sites (tertiary alicyclic amines) is 1. The van der Waals surface area contributed by atoms with E-state index < -0.39 is 0 Å². The minimum absolute atomic E-state index is 0.0183. The summed E-state index contributed by atoms with van der Waals surface area (Å²) < 4.78 is 5.01. The molecule has 1 aromatic rings. The summed E-state index contributed by atoms with van der Waals surface area (Å²) >= 11 is 1.57. The smallest absolute Gasteiger partial charge is 0.308 e. The van der Waals surface area contributed by atoms with Crippen LogP contribution in [0.4, 0.5) is 0 Å². The largest absolute Gasteiger partial charge is 0.466 e. The molecule has 5 nitrogen and oxygen atoms in total. The Labute approximate surface area is 140 Å². The number of nitrogens with zero attached hydrogens (tertiary/aromatic N) is 1. The van der Waals surface area contributed by atoms with Crippen molar-refractivity contribution >= 4 is 29.1 Å². The molecule has 0 saturated carbocycles. The highest BCUT2D eigenvalue weighted by atomic mass is 32.1. The third kappa shape index (κ3) is 4.19. The summed E-state index contributed by atoms with van der Waals surface area (Å²) in [5.74, 6) is -1.08. The number of hydrogen-bond acceptors (Lipinski definition) is 5. The zero-order valence-corrected chi connectivity index (χ0v) is 14.6. The number of thiophene rings is 1. The quantitative estimate of drug-likeness (QED) is 0.591. The van der Waals surface area contributed by atoms with Gasteiger partial charge in [0, 0.05) is 25.3 Å². The summed E-state index contributed by atoms with van der Waals surface area (Å²) in [5.41, 5.74) is 1.06. The Bertz CT molecular complexity index is 551. The highest BCUT2D eigenvalue weighted by molar-refractivity contribution is 7.08. The van der Waals surface area contributed by atoms with Crippen molar-refractivity contribution in [2.75, 3.05) is 13.2 Å². The van der Waals surface area contributed by atoms with E-state index in [0.717, 1.165) is 5.56 Å². The number of carbonyl (C=O) groups is 3. The van der Waals surface area contributed by atoms with Gasteiger partial charge in [0.15, 0.2) is 0 Å². The molecule has 0 radical (unpaired) electrons. The van der Waals surface area contributed by atoms with Crippen LogP contribution in [0.2, 0.25) is 0 Å². The van der Waals surface area contributed by atoms with Crippen LogP contribution >= 0.6 is 11.3 Å². The third-order valence-corrected chi connectivity index (χ3v) is 5.14. The number of imide groups is 1. The van der Waals surface area contributed by atoms with Gasteiger partial charge in [0.05, 0.1) is 12.5 Å². The molecule has 1 aliphatic rings. The van der Waals surface area contributed by atoms with Gasteiger partial charge in [-0.15, -0.1) is 0 Å². The van der Waals surface area contributed by atoms with Crippen LogP contribution in [0.15, 0.2) is 16.8 Å². The number of esters is 1. The number of hydrogen-bond donors (Lipinski definition) is 0. The van der Waals surface area contributed by atoms with Crippen molar-refractivity contribution in [3.8, 4) is 0 Å². The van der Waals surface area contributed by atoms with Crippen LogP contribution in [0.3, 0.4) is 0 Å². The van der Waals surface area contributed by atoms with Gasteiger partial charge in [0.1, 0.15) is 0 Å². The molecule has 126 valence electrons.